The molecule has 1 saturated heterocycles. The number of benzene rings is 1. The molecule has 0 spiro atoms. The summed E-state index contributed by atoms with van der Waals surface area (Å²) >= 11 is 0. The minimum absolute atomic E-state index is 0.384. The van der Waals surface area contributed by atoms with Crippen molar-refractivity contribution >= 4 is 5.82 Å². The molecule has 4 nitrogen and oxygen atoms in total. The molecule has 126 valence electrons. The Bertz CT molecular complexity index is 764. The van der Waals surface area contributed by atoms with Crippen molar-refractivity contribution in [1.29, 1.82) is 0 Å². The average molecular weight is 331 g/mol. The quantitative estimate of drug-likeness (QED) is 0.862. The summed E-state index contributed by atoms with van der Waals surface area (Å²) in [5, 5.41) is 0. The van der Waals surface area contributed by atoms with E-state index < -0.39 is 17.7 Å². The Morgan fingerprint density at radius 3 is 2.75 bits per heavy atom. The number of hydrogen-bond acceptors (Lipinski definition) is 4. The Hall–Kier alpha value is -2.08. The van der Waals surface area contributed by atoms with Crippen molar-refractivity contribution in [2.75, 3.05) is 24.6 Å². The van der Waals surface area contributed by atoms with Crippen molar-refractivity contribution in [3.63, 3.8) is 0 Å². The summed E-state index contributed by atoms with van der Waals surface area (Å²) in [6, 6.07) is 5.58. The fourth-order valence-corrected chi connectivity index (χ4v) is 3.07. The van der Waals surface area contributed by atoms with Gasteiger partial charge in [0.25, 0.3) is 0 Å². The molecule has 0 N–H and O–H groups in total. The van der Waals surface area contributed by atoms with Crippen molar-refractivity contribution in [2.24, 2.45) is 0 Å². The zero-order valence-electron chi connectivity index (χ0n) is 13.5. The van der Waals surface area contributed by atoms with Crippen LogP contribution in [0.5, 0.6) is 0 Å². The molecule has 1 aliphatic heterocycles. The third-order valence-electron chi connectivity index (χ3n) is 4.50. The number of hydrogen-bond donors (Lipinski definition) is 0. The number of halogens is 2. The second-order valence-corrected chi connectivity index (χ2v) is 6.47. The van der Waals surface area contributed by atoms with E-state index in [-0.39, 0.29) is 0 Å². The molecule has 1 saturated carbocycles. The number of ether oxygens (including phenoxy) is 1. The number of rotatable bonds is 3. The highest BCUT2D eigenvalue weighted by molar-refractivity contribution is 5.42. The van der Waals surface area contributed by atoms with Crippen LogP contribution in [-0.2, 0) is 4.74 Å². The number of aryl methyl sites for hydroxylation is 1. The number of anilines is 1. The molecule has 2 aromatic rings. The fourth-order valence-electron chi connectivity index (χ4n) is 3.07. The van der Waals surface area contributed by atoms with Crippen LogP contribution in [0, 0.1) is 18.6 Å². The first-order chi connectivity index (χ1) is 11.6. The molecule has 4 rings (SSSR count). The van der Waals surface area contributed by atoms with Gasteiger partial charge in [-0.15, -0.1) is 0 Å². The minimum atomic E-state index is -0.579. The van der Waals surface area contributed by atoms with Gasteiger partial charge in [0.1, 0.15) is 29.4 Å². The van der Waals surface area contributed by atoms with Crippen LogP contribution in [0.15, 0.2) is 24.3 Å². The lowest BCUT2D eigenvalue weighted by Crippen LogP contribution is -2.39. The molecule has 1 aromatic carbocycles. The normalized spacial score (nSPS) is 21.1. The van der Waals surface area contributed by atoms with E-state index in [0.29, 0.717) is 31.2 Å². The second-order valence-electron chi connectivity index (χ2n) is 6.47. The van der Waals surface area contributed by atoms with E-state index >= 15 is 0 Å². The number of aromatic nitrogens is 2. The highest BCUT2D eigenvalue weighted by atomic mass is 19.1. The molecule has 1 unspecified atom stereocenters. The highest BCUT2D eigenvalue weighted by Gasteiger charge is 2.29. The topological polar surface area (TPSA) is 38.2 Å². The van der Waals surface area contributed by atoms with Gasteiger partial charge in [0.05, 0.1) is 6.61 Å². The van der Waals surface area contributed by atoms with Gasteiger partial charge in [0, 0.05) is 42.4 Å². The van der Waals surface area contributed by atoms with Gasteiger partial charge < -0.3 is 9.64 Å². The summed E-state index contributed by atoms with van der Waals surface area (Å²) < 4.78 is 32.9. The van der Waals surface area contributed by atoms with E-state index in [4.69, 9.17) is 4.74 Å². The largest absolute Gasteiger partial charge is 0.370 e. The zero-order chi connectivity index (χ0) is 16.7. The summed E-state index contributed by atoms with van der Waals surface area (Å²) in [4.78, 5) is 11.3. The van der Waals surface area contributed by atoms with E-state index in [2.05, 4.69) is 14.9 Å². The van der Waals surface area contributed by atoms with Gasteiger partial charge in [-0.3, -0.25) is 0 Å². The Balaban J connectivity index is 1.58. The van der Waals surface area contributed by atoms with Crippen LogP contribution in [0.3, 0.4) is 0 Å². The Morgan fingerprint density at radius 2 is 2.00 bits per heavy atom. The maximum absolute atomic E-state index is 14.0. The SMILES string of the molecule is Cc1cc(N2CCOC(c3ccc(F)cc3F)C2)nc(C2CC2)n1. The van der Waals surface area contributed by atoms with Crippen LogP contribution >= 0.6 is 0 Å². The van der Waals surface area contributed by atoms with E-state index in [1.807, 2.05) is 13.0 Å². The van der Waals surface area contributed by atoms with Gasteiger partial charge in [-0.1, -0.05) is 6.07 Å². The van der Waals surface area contributed by atoms with E-state index in [9.17, 15) is 8.78 Å². The van der Waals surface area contributed by atoms with Crippen LogP contribution in [-0.4, -0.2) is 29.7 Å². The number of morpholine rings is 1. The molecule has 0 bridgehead atoms. The molecule has 24 heavy (non-hydrogen) atoms. The first kappa shape index (κ1) is 15.4. The maximum atomic E-state index is 14.0. The molecule has 0 amide bonds. The monoisotopic (exact) mass is 331 g/mol. The zero-order valence-corrected chi connectivity index (χ0v) is 13.5. The smallest absolute Gasteiger partial charge is 0.134 e. The van der Waals surface area contributed by atoms with Gasteiger partial charge in [0.15, 0.2) is 0 Å². The van der Waals surface area contributed by atoms with Crippen molar-refractivity contribution in [3.05, 3.63) is 53.0 Å². The predicted molar refractivity (Wildman–Crippen MR) is 86.0 cm³/mol. The molecule has 1 atom stereocenters. The Morgan fingerprint density at radius 1 is 1.17 bits per heavy atom. The minimum Gasteiger partial charge on any atom is -0.370 e. The van der Waals surface area contributed by atoms with Crippen LogP contribution in [0.25, 0.3) is 0 Å². The molecule has 2 fully saturated rings. The van der Waals surface area contributed by atoms with Gasteiger partial charge in [-0.05, 0) is 25.8 Å². The molecular weight excluding hydrogens is 312 g/mol. The van der Waals surface area contributed by atoms with Gasteiger partial charge >= 0.3 is 0 Å². The van der Waals surface area contributed by atoms with Crippen molar-refractivity contribution < 1.29 is 13.5 Å². The third kappa shape index (κ3) is 3.11. The molecule has 1 aromatic heterocycles. The van der Waals surface area contributed by atoms with Gasteiger partial charge in [0.2, 0.25) is 0 Å². The molecule has 6 heteroatoms. The fraction of sp³-hybridized carbons (Fsp3) is 0.444. The Kier molecular flexibility index (Phi) is 3.92. The Labute approximate surface area is 139 Å². The average Bonchev–Trinajstić information content (AvgIpc) is 3.39. The van der Waals surface area contributed by atoms with Crippen LogP contribution in [0.1, 0.15) is 41.9 Å². The van der Waals surface area contributed by atoms with Crippen LogP contribution in [0.2, 0.25) is 0 Å². The van der Waals surface area contributed by atoms with Crippen molar-refractivity contribution in [1.82, 2.24) is 9.97 Å². The first-order valence-electron chi connectivity index (χ1n) is 8.27. The summed E-state index contributed by atoms with van der Waals surface area (Å²) in [5.41, 5.74) is 1.33. The van der Waals surface area contributed by atoms with Crippen LogP contribution in [0.4, 0.5) is 14.6 Å². The van der Waals surface area contributed by atoms with Crippen molar-refractivity contribution in [2.45, 2.75) is 31.8 Å². The van der Waals surface area contributed by atoms with Crippen molar-refractivity contribution in [3.8, 4) is 0 Å². The first-order valence-corrected chi connectivity index (χ1v) is 8.27. The van der Waals surface area contributed by atoms with Gasteiger partial charge in [-0.2, -0.15) is 0 Å². The van der Waals surface area contributed by atoms with E-state index in [1.54, 1.807) is 0 Å². The molecular formula is C18H19F2N3O. The predicted octanol–water partition coefficient (Wildman–Crippen LogP) is 3.52. The summed E-state index contributed by atoms with van der Waals surface area (Å²) in [6.45, 7) is 3.63. The van der Waals surface area contributed by atoms with Crippen LogP contribution < -0.4 is 4.90 Å². The lowest BCUT2D eigenvalue weighted by molar-refractivity contribution is 0.0371. The van der Waals surface area contributed by atoms with E-state index in [0.717, 1.165) is 36.2 Å². The summed E-state index contributed by atoms with van der Waals surface area (Å²) in [7, 11) is 0. The maximum Gasteiger partial charge on any atom is 0.134 e. The third-order valence-corrected chi connectivity index (χ3v) is 4.50. The lowest BCUT2D eigenvalue weighted by Gasteiger charge is -2.34. The summed E-state index contributed by atoms with van der Waals surface area (Å²) in [5.74, 6) is 1.10. The summed E-state index contributed by atoms with van der Waals surface area (Å²) in [6.07, 6.45) is 1.86. The number of nitrogens with zero attached hydrogens (tertiary/aromatic N) is 3. The standard InChI is InChI=1S/C18H19F2N3O/c1-11-8-17(22-18(21-11)12-2-3-12)23-6-7-24-16(10-23)14-5-4-13(19)9-15(14)20/h4-5,8-9,12,16H,2-3,6-7,10H2,1H3. The molecule has 0 radical (unpaired) electrons. The van der Waals surface area contributed by atoms with Gasteiger partial charge in [-0.25, -0.2) is 18.7 Å². The molecule has 2 heterocycles. The molecule has 1 aliphatic carbocycles. The molecule has 2 aliphatic rings. The lowest BCUT2D eigenvalue weighted by atomic mass is 10.1. The second kappa shape index (κ2) is 6.09. The van der Waals surface area contributed by atoms with E-state index in [1.165, 1.54) is 12.1 Å². The highest BCUT2D eigenvalue weighted by Crippen LogP contribution is 2.39.